The number of aromatic nitrogens is 1. The molecule has 1 fully saturated rings. The van der Waals surface area contributed by atoms with E-state index < -0.39 is 0 Å². The Labute approximate surface area is 94.1 Å². The summed E-state index contributed by atoms with van der Waals surface area (Å²) in [7, 11) is 0. The lowest BCUT2D eigenvalue weighted by Gasteiger charge is -2.05. The van der Waals surface area contributed by atoms with Crippen molar-refractivity contribution in [3.63, 3.8) is 0 Å². The van der Waals surface area contributed by atoms with Gasteiger partial charge in [-0.1, -0.05) is 24.4 Å². The topological polar surface area (TPSA) is 48.7 Å². The van der Waals surface area contributed by atoms with Crippen molar-refractivity contribution in [1.82, 2.24) is 4.98 Å². The minimum absolute atomic E-state index is 0.285. The Morgan fingerprint density at radius 3 is 3.00 bits per heavy atom. The maximum atomic E-state index is 8.74. The molecule has 1 aliphatic rings. The molecule has 0 amide bonds. The van der Waals surface area contributed by atoms with Crippen LogP contribution in [0.1, 0.15) is 25.0 Å². The lowest BCUT2D eigenvalue weighted by molar-refractivity contribution is 0.758. The molecule has 1 N–H and O–H groups in total. The van der Waals surface area contributed by atoms with Crippen LogP contribution in [0.5, 0.6) is 0 Å². The summed E-state index contributed by atoms with van der Waals surface area (Å²) in [5, 5.41) is 12.3. The second kappa shape index (κ2) is 4.50. The smallest absolute Gasteiger partial charge is 0.161 e. The lowest BCUT2D eigenvalue weighted by atomic mass is 10.3. The van der Waals surface area contributed by atoms with Gasteiger partial charge in [0.15, 0.2) is 5.69 Å². The molecule has 0 spiro atoms. The Kier molecular flexibility index (Phi) is 3.08. The standard InChI is InChI=1S/C11H12ClN3/c12-9-3-4-11(15-10(9)7-13)14-6-5-8-1-2-8/h3-4,8H,1-2,5-6H2,(H,14,15). The van der Waals surface area contributed by atoms with Crippen LogP contribution in [0.3, 0.4) is 0 Å². The fraction of sp³-hybridized carbons (Fsp3) is 0.455. The third-order valence-corrected chi connectivity index (χ3v) is 2.81. The normalized spacial score (nSPS) is 14.7. The van der Waals surface area contributed by atoms with Crippen LogP contribution >= 0.6 is 11.6 Å². The van der Waals surface area contributed by atoms with Gasteiger partial charge in [0.2, 0.25) is 0 Å². The fourth-order valence-corrected chi connectivity index (χ4v) is 1.58. The minimum Gasteiger partial charge on any atom is -0.370 e. The van der Waals surface area contributed by atoms with Crippen LogP contribution in [-0.4, -0.2) is 11.5 Å². The first-order valence-corrected chi connectivity index (χ1v) is 5.48. The fourth-order valence-electron chi connectivity index (χ4n) is 1.43. The average molecular weight is 222 g/mol. The molecule has 0 radical (unpaired) electrons. The molecular formula is C11H12ClN3. The molecule has 1 heterocycles. The summed E-state index contributed by atoms with van der Waals surface area (Å²) >= 11 is 5.78. The molecule has 3 nitrogen and oxygen atoms in total. The zero-order valence-corrected chi connectivity index (χ0v) is 9.09. The van der Waals surface area contributed by atoms with E-state index in [9.17, 15) is 0 Å². The van der Waals surface area contributed by atoms with E-state index in [0.29, 0.717) is 5.02 Å². The van der Waals surface area contributed by atoms with E-state index in [-0.39, 0.29) is 5.69 Å². The monoisotopic (exact) mass is 221 g/mol. The molecule has 2 rings (SSSR count). The van der Waals surface area contributed by atoms with Crippen LogP contribution in [0.2, 0.25) is 5.02 Å². The highest BCUT2D eigenvalue weighted by Gasteiger charge is 2.20. The van der Waals surface area contributed by atoms with Gasteiger partial charge in [-0.15, -0.1) is 0 Å². The number of rotatable bonds is 4. The summed E-state index contributed by atoms with van der Waals surface area (Å²) in [6.45, 7) is 0.921. The summed E-state index contributed by atoms with van der Waals surface area (Å²) in [6.07, 6.45) is 3.91. The van der Waals surface area contributed by atoms with Gasteiger partial charge in [-0.2, -0.15) is 5.26 Å². The first-order valence-electron chi connectivity index (χ1n) is 5.10. The van der Waals surface area contributed by atoms with Crippen molar-refractivity contribution in [3.05, 3.63) is 22.8 Å². The average Bonchev–Trinajstić information content (AvgIpc) is 3.04. The molecule has 1 saturated carbocycles. The van der Waals surface area contributed by atoms with E-state index in [2.05, 4.69) is 10.3 Å². The highest BCUT2D eigenvalue weighted by molar-refractivity contribution is 6.31. The van der Waals surface area contributed by atoms with Crippen molar-refractivity contribution >= 4 is 17.4 Å². The molecule has 0 bridgehead atoms. The van der Waals surface area contributed by atoms with Gasteiger partial charge in [0.05, 0.1) is 5.02 Å². The third-order valence-electron chi connectivity index (χ3n) is 2.51. The van der Waals surface area contributed by atoms with Gasteiger partial charge in [0.25, 0.3) is 0 Å². The molecular weight excluding hydrogens is 210 g/mol. The number of halogens is 1. The number of hydrogen-bond acceptors (Lipinski definition) is 3. The maximum Gasteiger partial charge on any atom is 0.161 e. The minimum atomic E-state index is 0.285. The molecule has 4 heteroatoms. The summed E-state index contributed by atoms with van der Waals surface area (Å²) in [6, 6.07) is 5.47. The molecule has 0 aromatic carbocycles. The molecule has 78 valence electrons. The Morgan fingerprint density at radius 1 is 1.53 bits per heavy atom. The molecule has 15 heavy (non-hydrogen) atoms. The van der Waals surface area contributed by atoms with Gasteiger partial charge in [-0.3, -0.25) is 0 Å². The summed E-state index contributed by atoms with van der Waals surface area (Å²) < 4.78 is 0. The molecule has 0 atom stereocenters. The second-order valence-corrected chi connectivity index (χ2v) is 4.20. The Hall–Kier alpha value is -1.27. The lowest BCUT2D eigenvalue weighted by Crippen LogP contribution is -2.04. The Bertz CT molecular complexity index is 393. The second-order valence-electron chi connectivity index (χ2n) is 3.80. The van der Waals surface area contributed by atoms with Gasteiger partial charge in [0, 0.05) is 6.54 Å². The largest absolute Gasteiger partial charge is 0.370 e. The Balaban J connectivity index is 1.92. The quantitative estimate of drug-likeness (QED) is 0.851. The van der Waals surface area contributed by atoms with Gasteiger partial charge in [-0.25, -0.2) is 4.98 Å². The zero-order chi connectivity index (χ0) is 10.7. The van der Waals surface area contributed by atoms with Gasteiger partial charge in [-0.05, 0) is 24.5 Å². The summed E-state index contributed by atoms with van der Waals surface area (Å²) in [5.74, 6) is 1.64. The van der Waals surface area contributed by atoms with E-state index in [1.54, 1.807) is 12.1 Å². The van der Waals surface area contributed by atoms with Crippen molar-refractivity contribution in [2.45, 2.75) is 19.3 Å². The van der Waals surface area contributed by atoms with Gasteiger partial charge < -0.3 is 5.32 Å². The van der Waals surface area contributed by atoms with E-state index in [1.807, 2.05) is 6.07 Å². The van der Waals surface area contributed by atoms with E-state index in [1.165, 1.54) is 19.3 Å². The first kappa shape index (κ1) is 10.3. The van der Waals surface area contributed by atoms with Gasteiger partial charge >= 0.3 is 0 Å². The van der Waals surface area contributed by atoms with Crippen LogP contribution in [0.25, 0.3) is 0 Å². The molecule has 1 aromatic heterocycles. The molecule has 1 aromatic rings. The van der Waals surface area contributed by atoms with Crippen LogP contribution in [-0.2, 0) is 0 Å². The number of pyridine rings is 1. The molecule has 0 saturated heterocycles. The zero-order valence-electron chi connectivity index (χ0n) is 8.33. The molecule has 0 unspecified atom stereocenters. The van der Waals surface area contributed by atoms with Gasteiger partial charge in [0.1, 0.15) is 11.9 Å². The van der Waals surface area contributed by atoms with Crippen LogP contribution in [0, 0.1) is 17.2 Å². The first-order chi connectivity index (χ1) is 7.29. The summed E-state index contributed by atoms with van der Waals surface area (Å²) in [5.41, 5.74) is 0.285. The van der Waals surface area contributed by atoms with Crippen molar-refractivity contribution in [3.8, 4) is 6.07 Å². The predicted molar refractivity (Wildman–Crippen MR) is 59.8 cm³/mol. The molecule has 1 aliphatic carbocycles. The number of hydrogen-bond donors (Lipinski definition) is 1. The van der Waals surface area contributed by atoms with E-state index >= 15 is 0 Å². The summed E-state index contributed by atoms with van der Waals surface area (Å²) in [4.78, 5) is 4.10. The number of nitriles is 1. The van der Waals surface area contributed by atoms with Crippen LogP contribution < -0.4 is 5.32 Å². The molecule has 0 aliphatic heterocycles. The number of nitrogens with zero attached hydrogens (tertiary/aromatic N) is 2. The Morgan fingerprint density at radius 2 is 2.33 bits per heavy atom. The van der Waals surface area contributed by atoms with Crippen molar-refractivity contribution in [2.75, 3.05) is 11.9 Å². The third kappa shape index (κ3) is 2.84. The highest BCUT2D eigenvalue weighted by Crippen LogP contribution is 2.32. The number of anilines is 1. The van der Waals surface area contributed by atoms with Crippen molar-refractivity contribution in [1.29, 1.82) is 5.26 Å². The predicted octanol–water partition coefficient (Wildman–Crippen LogP) is 2.82. The van der Waals surface area contributed by atoms with E-state index in [4.69, 9.17) is 16.9 Å². The maximum absolute atomic E-state index is 8.74. The SMILES string of the molecule is N#Cc1nc(NCCC2CC2)ccc1Cl. The van der Waals surface area contributed by atoms with Crippen LogP contribution in [0.4, 0.5) is 5.82 Å². The number of nitrogens with one attached hydrogen (secondary N) is 1. The highest BCUT2D eigenvalue weighted by atomic mass is 35.5. The van der Waals surface area contributed by atoms with Crippen LogP contribution in [0.15, 0.2) is 12.1 Å². The van der Waals surface area contributed by atoms with Crippen molar-refractivity contribution < 1.29 is 0 Å². The van der Waals surface area contributed by atoms with Crippen molar-refractivity contribution in [2.24, 2.45) is 5.92 Å². The van der Waals surface area contributed by atoms with E-state index in [0.717, 1.165) is 18.3 Å².